The predicted octanol–water partition coefficient (Wildman–Crippen LogP) is 3.16. The lowest BCUT2D eigenvalue weighted by Gasteiger charge is -2.19. The second kappa shape index (κ2) is 6.04. The first-order chi connectivity index (χ1) is 8.31. The Balaban J connectivity index is 1.76. The van der Waals surface area contributed by atoms with Gasteiger partial charge in [-0.05, 0) is 44.9 Å². The standard InChI is InChI=1S/C15H23NO/c1-2-16(15(17)14-10-11-14)12-6-9-13-7-4-3-5-8-13/h3-4,6,9,13-14H,2,5,7-8,10-12H2,1H3. The minimum atomic E-state index is 0.348. The molecule has 2 aliphatic rings. The van der Waals surface area contributed by atoms with Gasteiger partial charge in [0.1, 0.15) is 0 Å². The monoisotopic (exact) mass is 233 g/mol. The largest absolute Gasteiger partial charge is 0.339 e. The average molecular weight is 233 g/mol. The van der Waals surface area contributed by atoms with E-state index in [0.29, 0.717) is 17.7 Å². The number of carbonyl (C=O) groups is 1. The molecule has 1 amide bonds. The quantitative estimate of drug-likeness (QED) is 0.668. The maximum Gasteiger partial charge on any atom is 0.225 e. The Morgan fingerprint density at radius 3 is 2.76 bits per heavy atom. The average Bonchev–Trinajstić information content (AvgIpc) is 3.19. The Hall–Kier alpha value is -1.05. The SMILES string of the molecule is CCN(CC=CC1CC=CCC1)C(=O)C1CC1. The van der Waals surface area contributed by atoms with Gasteiger partial charge in [-0.25, -0.2) is 0 Å². The van der Waals surface area contributed by atoms with E-state index in [0.717, 1.165) is 25.9 Å². The third kappa shape index (κ3) is 3.72. The minimum Gasteiger partial charge on any atom is -0.339 e. The highest BCUT2D eigenvalue weighted by Gasteiger charge is 2.32. The van der Waals surface area contributed by atoms with Crippen LogP contribution in [0.15, 0.2) is 24.3 Å². The van der Waals surface area contributed by atoms with E-state index in [1.165, 1.54) is 19.3 Å². The summed E-state index contributed by atoms with van der Waals surface area (Å²) in [4.78, 5) is 13.9. The Morgan fingerprint density at radius 1 is 1.35 bits per heavy atom. The lowest BCUT2D eigenvalue weighted by molar-refractivity contribution is -0.131. The topological polar surface area (TPSA) is 20.3 Å². The van der Waals surface area contributed by atoms with Crippen molar-refractivity contribution in [3.05, 3.63) is 24.3 Å². The molecule has 1 fully saturated rings. The van der Waals surface area contributed by atoms with Gasteiger partial charge in [0.05, 0.1) is 0 Å². The summed E-state index contributed by atoms with van der Waals surface area (Å²) in [5.74, 6) is 1.40. The van der Waals surface area contributed by atoms with Crippen LogP contribution in [0.25, 0.3) is 0 Å². The fourth-order valence-electron chi connectivity index (χ4n) is 2.34. The maximum absolute atomic E-state index is 11.9. The number of nitrogens with zero attached hydrogens (tertiary/aromatic N) is 1. The van der Waals surface area contributed by atoms with E-state index < -0.39 is 0 Å². The summed E-state index contributed by atoms with van der Waals surface area (Å²) in [5, 5.41) is 0. The second-order valence-corrected chi connectivity index (χ2v) is 5.12. The normalized spacial score (nSPS) is 24.2. The third-order valence-electron chi connectivity index (χ3n) is 3.66. The van der Waals surface area contributed by atoms with Crippen molar-refractivity contribution in [3.63, 3.8) is 0 Å². The first-order valence-electron chi connectivity index (χ1n) is 6.91. The summed E-state index contributed by atoms with van der Waals surface area (Å²) in [7, 11) is 0. The van der Waals surface area contributed by atoms with Gasteiger partial charge in [-0.15, -0.1) is 0 Å². The smallest absolute Gasteiger partial charge is 0.225 e. The number of likely N-dealkylation sites (N-methyl/N-ethyl adjacent to an activating group) is 1. The molecule has 17 heavy (non-hydrogen) atoms. The lowest BCUT2D eigenvalue weighted by atomic mass is 9.94. The summed E-state index contributed by atoms with van der Waals surface area (Å²) in [6, 6.07) is 0. The molecule has 0 saturated heterocycles. The van der Waals surface area contributed by atoms with Gasteiger partial charge < -0.3 is 4.90 Å². The van der Waals surface area contributed by atoms with Crippen LogP contribution in [0.2, 0.25) is 0 Å². The summed E-state index contributed by atoms with van der Waals surface area (Å²) >= 11 is 0. The number of rotatable bonds is 5. The van der Waals surface area contributed by atoms with Crippen LogP contribution in [0.1, 0.15) is 39.0 Å². The number of carbonyl (C=O) groups excluding carboxylic acids is 1. The van der Waals surface area contributed by atoms with Crippen LogP contribution in [-0.2, 0) is 4.79 Å². The molecule has 2 nitrogen and oxygen atoms in total. The van der Waals surface area contributed by atoms with Crippen LogP contribution in [0.3, 0.4) is 0 Å². The lowest BCUT2D eigenvalue weighted by Crippen LogP contribution is -2.32. The zero-order valence-corrected chi connectivity index (χ0v) is 10.8. The summed E-state index contributed by atoms with van der Waals surface area (Å²) in [6.07, 6.45) is 14.9. The Kier molecular flexibility index (Phi) is 4.41. The Morgan fingerprint density at radius 2 is 2.18 bits per heavy atom. The molecule has 0 heterocycles. The molecule has 2 rings (SSSR count). The molecule has 0 radical (unpaired) electrons. The highest BCUT2D eigenvalue weighted by Crippen LogP contribution is 2.30. The molecular weight excluding hydrogens is 210 g/mol. The second-order valence-electron chi connectivity index (χ2n) is 5.12. The van der Waals surface area contributed by atoms with Crippen molar-refractivity contribution >= 4 is 5.91 Å². The van der Waals surface area contributed by atoms with Crippen LogP contribution in [0.4, 0.5) is 0 Å². The van der Waals surface area contributed by atoms with Crippen LogP contribution < -0.4 is 0 Å². The van der Waals surface area contributed by atoms with E-state index in [1.54, 1.807) is 0 Å². The Bertz CT molecular complexity index is 315. The fraction of sp³-hybridized carbons (Fsp3) is 0.667. The van der Waals surface area contributed by atoms with Crippen molar-refractivity contribution in [2.75, 3.05) is 13.1 Å². The van der Waals surface area contributed by atoms with Crippen molar-refractivity contribution in [2.24, 2.45) is 11.8 Å². The van der Waals surface area contributed by atoms with E-state index in [2.05, 4.69) is 31.2 Å². The van der Waals surface area contributed by atoms with Crippen molar-refractivity contribution < 1.29 is 4.79 Å². The van der Waals surface area contributed by atoms with Crippen LogP contribution in [-0.4, -0.2) is 23.9 Å². The van der Waals surface area contributed by atoms with E-state index >= 15 is 0 Å². The first-order valence-corrected chi connectivity index (χ1v) is 6.91. The molecule has 1 atom stereocenters. The third-order valence-corrected chi connectivity index (χ3v) is 3.66. The predicted molar refractivity (Wildman–Crippen MR) is 70.6 cm³/mol. The van der Waals surface area contributed by atoms with Gasteiger partial charge in [0.15, 0.2) is 0 Å². The molecule has 1 saturated carbocycles. The van der Waals surface area contributed by atoms with Gasteiger partial charge in [-0.2, -0.15) is 0 Å². The molecule has 0 aliphatic heterocycles. The summed E-state index contributed by atoms with van der Waals surface area (Å²) in [5.41, 5.74) is 0. The van der Waals surface area contributed by atoms with Crippen molar-refractivity contribution in [2.45, 2.75) is 39.0 Å². The van der Waals surface area contributed by atoms with Crippen LogP contribution in [0.5, 0.6) is 0 Å². The summed E-state index contributed by atoms with van der Waals surface area (Å²) < 4.78 is 0. The van der Waals surface area contributed by atoms with E-state index in [4.69, 9.17) is 0 Å². The first kappa shape index (κ1) is 12.4. The Labute approximate surface area is 104 Å². The molecule has 0 spiro atoms. The van der Waals surface area contributed by atoms with Crippen molar-refractivity contribution in [1.29, 1.82) is 0 Å². The fourth-order valence-corrected chi connectivity index (χ4v) is 2.34. The highest BCUT2D eigenvalue weighted by atomic mass is 16.2. The van der Waals surface area contributed by atoms with Crippen LogP contribution >= 0.6 is 0 Å². The maximum atomic E-state index is 11.9. The molecule has 0 N–H and O–H groups in total. The molecule has 1 unspecified atom stereocenters. The molecular formula is C15H23NO. The molecule has 0 aromatic carbocycles. The number of allylic oxidation sites excluding steroid dienone is 3. The van der Waals surface area contributed by atoms with E-state index in [-0.39, 0.29) is 0 Å². The van der Waals surface area contributed by atoms with Crippen molar-refractivity contribution in [3.8, 4) is 0 Å². The van der Waals surface area contributed by atoms with Gasteiger partial charge in [0.25, 0.3) is 0 Å². The van der Waals surface area contributed by atoms with Gasteiger partial charge in [-0.1, -0.05) is 24.3 Å². The van der Waals surface area contributed by atoms with Gasteiger partial charge in [0, 0.05) is 19.0 Å². The zero-order valence-electron chi connectivity index (χ0n) is 10.8. The van der Waals surface area contributed by atoms with Crippen LogP contribution in [0, 0.1) is 11.8 Å². The number of amides is 1. The zero-order chi connectivity index (χ0) is 12.1. The van der Waals surface area contributed by atoms with E-state index in [1.807, 2.05) is 4.90 Å². The van der Waals surface area contributed by atoms with Gasteiger partial charge >= 0.3 is 0 Å². The molecule has 2 aliphatic carbocycles. The molecule has 2 heteroatoms. The highest BCUT2D eigenvalue weighted by molar-refractivity contribution is 5.81. The summed E-state index contributed by atoms with van der Waals surface area (Å²) in [6.45, 7) is 3.70. The molecule has 94 valence electrons. The molecule has 0 aromatic rings. The van der Waals surface area contributed by atoms with Gasteiger partial charge in [-0.3, -0.25) is 4.79 Å². The minimum absolute atomic E-state index is 0.348. The number of hydrogen-bond donors (Lipinski definition) is 0. The molecule has 0 bridgehead atoms. The molecule has 0 aromatic heterocycles. The van der Waals surface area contributed by atoms with Crippen molar-refractivity contribution in [1.82, 2.24) is 4.90 Å². The van der Waals surface area contributed by atoms with Gasteiger partial charge in [0.2, 0.25) is 5.91 Å². The van der Waals surface area contributed by atoms with E-state index in [9.17, 15) is 4.79 Å². The number of hydrogen-bond acceptors (Lipinski definition) is 1.